The first kappa shape index (κ1) is 9.19. The van der Waals surface area contributed by atoms with Gasteiger partial charge in [0, 0.05) is 12.1 Å². The van der Waals surface area contributed by atoms with Crippen LogP contribution in [0, 0.1) is 0 Å². The van der Waals surface area contributed by atoms with Gasteiger partial charge in [-0.15, -0.1) is 0 Å². The quantitative estimate of drug-likeness (QED) is 0.580. The molecular weight excluding hydrogens is 166 g/mol. The highest BCUT2D eigenvalue weighted by atomic mass is 16.5. The lowest BCUT2D eigenvalue weighted by atomic mass is 9.83. The van der Waals surface area contributed by atoms with Crippen molar-refractivity contribution >= 4 is 0 Å². The van der Waals surface area contributed by atoms with E-state index in [1.807, 2.05) is 19.1 Å². The second-order valence-corrected chi connectivity index (χ2v) is 4.11. The van der Waals surface area contributed by atoms with Gasteiger partial charge < -0.3 is 15.2 Å². The molecule has 2 bridgehead atoms. The molecule has 0 amide bonds. The largest absolute Gasteiger partial charge is 0.386 e. The van der Waals surface area contributed by atoms with E-state index < -0.39 is 5.60 Å². The van der Waals surface area contributed by atoms with Crippen molar-refractivity contribution < 1.29 is 9.84 Å². The van der Waals surface area contributed by atoms with Gasteiger partial charge in [0.25, 0.3) is 0 Å². The zero-order chi connectivity index (χ0) is 9.31. The van der Waals surface area contributed by atoms with Crippen molar-refractivity contribution in [3.05, 3.63) is 12.2 Å². The Morgan fingerprint density at radius 1 is 1.38 bits per heavy atom. The number of hydrogen-bond acceptors (Lipinski definition) is 3. The number of allylic oxidation sites excluding steroid dienone is 1. The molecule has 0 saturated carbocycles. The summed E-state index contributed by atoms with van der Waals surface area (Å²) < 4.78 is 5.41. The average molecular weight is 183 g/mol. The predicted molar refractivity (Wildman–Crippen MR) is 50.5 cm³/mol. The molecule has 3 heteroatoms. The Morgan fingerprint density at radius 3 is 2.54 bits per heavy atom. The van der Waals surface area contributed by atoms with E-state index in [-0.39, 0.29) is 0 Å². The summed E-state index contributed by atoms with van der Waals surface area (Å²) in [5.74, 6) is 0. The first-order valence-electron chi connectivity index (χ1n) is 4.92. The number of piperidine rings is 1. The number of aliphatic hydroxyl groups is 1. The number of nitrogens with one attached hydrogen (secondary N) is 1. The van der Waals surface area contributed by atoms with E-state index in [2.05, 4.69) is 5.32 Å². The van der Waals surface area contributed by atoms with Crippen LogP contribution < -0.4 is 5.32 Å². The van der Waals surface area contributed by atoms with Crippen molar-refractivity contribution in [3.8, 4) is 0 Å². The van der Waals surface area contributed by atoms with E-state index >= 15 is 0 Å². The Hall–Kier alpha value is -0.380. The fourth-order valence-corrected chi connectivity index (χ4v) is 2.40. The Morgan fingerprint density at radius 2 is 2.00 bits per heavy atom. The Labute approximate surface area is 78.8 Å². The van der Waals surface area contributed by atoms with E-state index in [0.29, 0.717) is 12.1 Å². The predicted octanol–water partition coefficient (Wildman–Crippen LogP) is 0.444. The van der Waals surface area contributed by atoms with E-state index in [1.54, 1.807) is 0 Å². The summed E-state index contributed by atoms with van der Waals surface area (Å²) in [6.45, 7) is 3.42. The van der Waals surface area contributed by atoms with Crippen molar-refractivity contribution in [2.75, 3.05) is 13.2 Å². The fraction of sp³-hybridized carbons (Fsp3) is 0.800. The second kappa shape index (κ2) is 3.40. The molecule has 2 unspecified atom stereocenters. The fourth-order valence-electron chi connectivity index (χ4n) is 2.40. The molecule has 2 atom stereocenters. The Kier molecular flexibility index (Phi) is 2.41. The van der Waals surface area contributed by atoms with Gasteiger partial charge in [-0.3, -0.25) is 0 Å². The van der Waals surface area contributed by atoms with Gasteiger partial charge in [-0.2, -0.15) is 0 Å². The van der Waals surface area contributed by atoms with E-state index in [1.165, 1.54) is 0 Å². The van der Waals surface area contributed by atoms with Gasteiger partial charge in [0.2, 0.25) is 0 Å². The SMILES string of the molecule is C/C=C\C1(O)CC2COCC(C1)N2. The lowest BCUT2D eigenvalue weighted by molar-refractivity contribution is -0.0516. The van der Waals surface area contributed by atoms with Crippen LogP contribution in [0.2, 0.25) is 0 Å². The summed E-state index contributed by atoms with van der Waals surface area (Å²) in [6.07, 6.45) is 5.39. The summed E-state index contributed by atoms with van der Waals surface area (Å²) >= 11 is 0. The minimum absolute atomic E-state index is 0.327. The van der Waals surface area contributed by atoms with Crippen molar-refractivity contribution in [1.29, 1.82) is 0 Å². The summed E-state index contributed by atoms with van der Waals surface area (Å²) in [5.41, 5.74) is -0.598. The van der Waals surface area contributed by atoms with Gasteiger partial charge in [0.05, 0.1) is 18.8 Å². The van der Waals surface area contributed by atoms with E-state index in [0.717, 1.165) is 26.1 Å². The highest BCUT2D eigenvalue weighted by Gasteiger charge is 2.39. The normalized spacial score (nSPS) is 45.4. The van der Waals surface area contributed by atoms with Crippen molar-refractivity contribution in [2.24, 2.45) is 0 Å². The van der Waals surface area contributed by atoms with Crippen LogP contribution in [-0.4, -0.2) is 36.0 Å². The van der Waals surface area contributed by atoms with Crippen LogP contribution in [0.15, 0.2) is 12.2 Å². The standard InChI is InChI=1S/C10H17NO2/c1-2-3-10(12)4-8-6-13-7-9(5-10)11-8/h2-3,8-9,11-12H,4-7H2,1H3/b3-2-. The van der Waals surface area contributed by atoms with Crippen LogP contribution in [0.5, 0.6) is 0 Å². The third-order valence-electron chi connectivity index (χ3n) is 2.79. The number of ether oxygens (including phenoxy) is 1. The third kappa shape index (κ3) is 1.93. The van der Waals surface area contributed by atoms with Gasteiger partial charge >= 0.3 is 0 Å². The van der Waals surface area contributed by atoms with Crippen molar-refractivity contribution in [2.45, 2.75) is 37.5 Å². The number of morpholine rings is 1. The zero-order valence-corrected chi connectivity index (χ0v) is 7.99. The van der Waals surface area contributed by atoms with Crippen LogP contribution in [0.4, 0.5) is 0 Å². The molecular formula is C10H17NO2. The second-order valence-electron chi connectivity index (χ2n) is 4.11. The van der Waals surface area contributed by atoms with Gasteiger partial charge in [0.15, 0.2) is 0 Å². The summed E-state index contributed by atoms with van der Waals surface area (Å²) in [4.78, 5) is 0. The van der Waals surface area contributed by atoms with Gasteiger partial charge in [0.1, 0.15) is 0 Å². The van der Waals surface area contributed by atoms with E-state index in [9.17, 15) is 5.11 Å². The molecule has 2 fully saturated rings. The van der Waals surface area contributed by atoms with Crippen LogP contribution >= 0.6 is 0 Å². The van der Waals surface area contributed by atoms with Crippen LogP contribution in [0.3, 0.4) is 0 Å². The minimum atomic E-state index is -0.598. The molecule has 3 nitrogen and oxygen atoms in total. The maximum absolute atomic E-state index is 10.2. The molecule has 2 heterocycles. The van der Waals surface area contributed by atoms with Gasteiger partial charge in [-0.1, -0.05) is 12.2 Å². The highest BCUT2D eigenvalue weighted by molar-refractivity contribution is 5.07. The van der Waals surface area contributed by atoms with E-state index in [4.69, 9.17) is 4.74 Å². The number of fused-ring (bicyclic) bond motifs is 2. The van der Waals surface area contributed by atoms with Crippen molar-refractivity contribution in [1.82, 2.24) is 5.32 Å². The molecule has 2 N–H and O–H groups in total. The summed E-state index contributed by atoms with van der Waals surface area (Å²) in [5, 5.41) is 13.6. The lowest BCUT2D eigenvalue weighted by Gasteiger charge is -2.43. The summed E-state index contributed by atoms with van der Waals surface area (Å²) in [7, 11) is 0. The molecule has 13 heavy (non-hydrogen) atoms. The smallest absolute Gasteiger partial charge is 0.0859 e. The maximum Gasteiger partial charge on any atom is 0.0859 e. The molecule has 2 rings (SSSR count). The molecule has 2 aliphatic rings. The summed E-state index contributed by atoms with van der Waals surface area (Å²) in [6, 6.07) is 0.655. The average Bonchev–Trinajstić information content (AvgIpc) is 2.02. The molecule has 0 spiro atoms. The third-order valence-corrected chi connectivity index (χ3v) is 2.79. The molecule has 0 radical (unpaired) electrons. The first-order valence-corrected chi connectivity index (χ1v) is 4.92. The maximum atomic E-state index is 10.2. The Bertz CT molecular complexity index is 203. The Balaban J connectivity index is 2.08. The molecule has 0 aromatic carbocycles. The topological polar surface area (TPSA) is 41.5 Å². The highest BCUT2D eigenvalue weighted by Crippen LogP contribution is 2.28. The lowest BCUT2D eigenvalue weighted by Crippen LogP contribution is -2.59. The number of rotatable bonds is 1. The van der Waals surface area contributed by atoms with Gasteiger partial charge in [-0.25, -0.2) is 0 Å². The molecule has 2 saturated heterocycles. The van der Waals surface area contributed by atoms with Gasteiger partial charge in [-0.05, 0) is 19.8 Å². The van der Waals surface area contributed by atoms with Crippen LogP contribution in [0.25, 0.3) is 0 Å². The molecule has 74 valence electrons. The monoisotopic (exact) mass is 183 g/mol. The molecule has 0 aliphatic carbocycles. The first-order chi connectivity index (χ1) is 6.22. The van der Waals surface area contributed by atoms with Crippen molar-refractivity contribution in [3.63, 3.8) is 0 Å². The molecule has 2 aliphatic heterocycles. The minimum Gasteiger partial charge on any atom is -0.386 e. The van der Waals surface area contributed by atoms with Crippen LogP contribution in [0.1, 0.15) is 19.8 Å². The number of hydrogen-bond donors (Lipinski definition) is 2. The molecule has 0 aromatic rings. The van der Waals surface area contributed by atoms with Crippen LogP contribution in [-0.2, 0) is 4.74 Å². The molecule has 0 aromatic heterocycles. The zero-order valence-electron chi connectivity index (χ0n) is 7.99.